The second-order valence-electron chi connectivity index (χ2n) is 6.53. The van der Waals surface area contributed by atoms with E-state index in [9.17, 15) is 0 Å². The standard InChI is InChI=1S/C20H31N5O/c1-4-21-20(22-12-8-14-26-16-17(2)3)23-15-18-11-13-25(24-18)19-9-6-5-7-10-19/h5-7,9-11,13,17H,4,8,12,14-16H2,1-3H3,(H2,21,22,23). The van der Waals surface area contributed by atoms with Gasteiger partial charge < -0.3 is 15.4 Å². The fourth-order valence-corrected chi connectivity index (χ4v) is 2.37. The molecule has 0 saturated heterocycles. The Morgan fingerprint density at radius 3 is 2.73 bits per heavy atom. The van der Waals surface area contributed by atoms with Crippen LogP contribution in [0.25, 0.3) is 5.69 Å². The maximum Gasteiger partial charge on any atom is 0.191 e. The number of ether oxygens (including phenoxy) is 1. The first kappa shape index (κ1) is 20.0. The average Bonchev–Trinajstić information content (AvgIpc) is 3.12. The third-order valence-electron chi connectivity index (χ3n) is 3.62. The number of aliphatic imine (C=N–C) groups is 1. The van der Waals surface area contributed by atoms with Gasteiger partial charge in [-0.25, -0.2) is 9.67 Å². The van der Waals surface area contributed by atoms with Gasteiger partial charge in [0, 0.05) is 32.5 Å². The van der Waals surface area contributed by atoms with Crippen LogP contribution in [0, 0.1) is 5.92 Å². The van der Waals surface area contributed by atoms with E-state index in [1.807, 2.05) is 47.3 Å². The first-order valence-electron chi connectivity index (χ1n) is 9.39. The summed E-state index contributed by atoms with van der Waals surface area (Å²) in [5.41, 5.74) is 1.99. The van der Waals surface area contributed by atoms with Crippen LogP contribution in [0.3, 0.4) is 0 Å². The van der Waals surface area contributed by atoms with Crippen LogP contribution in [-0.4, -0.2) is 42.0 Å². The number of guanidine groups is 1. The zero-order valence-electron chi connectivity index (χ0n) is 16.1. The first-order chi connectivity index (χ1) is 12.7. The Morgan fingerprint density at radius 1 is 1.19 bits per heavy atom. The van der Waals surface area contributed by atoms with Crippen molar-refractivity contribution in [2.24, 2.45) is 10.9 Å². The maximum atomic E-state index is 5.60. The van der Waals surface area contributed by atoms with E-state index in [0.29, 0.717) is 12.5 Å². The highest BCUT2D eigenvalue weighted by Crippen LogP contribution is 2.07. The van der Waals surface area contributed by atoms with Crippen LogP contribution in [-0.2, 0) is 11.3 Å². The lowest BCUT2D eigenvalue weighted by atomic mass is 10.2. The molecule has 0 bridgehead atoms. The van der Waals surface area contributed by atoms with Crippen LogP contribution in [0.5, 0.6) is 0 Å². The van der Waals surface area contributed by atoms with E-state index in [1.54, 1.807) is 0 Å². The second kappa shape index (κ2) is 11.3. The average molecular weight is 358 g/mol. The number of hydrogen-bond acceptors (Lipinski definition) is 3. The van der Waals surface area contributed by atoms with E-state index in [0.717, 1.165) is 50.1 Å². The van der Waals surface area contributed by atoms with E-state index in [-0.39, 0.29) is 0 Å². The highest BCUT2D eigenvalue weighted by molar-refractivity contribution is 5.79. The molecule has 0 fully saturated rings. The first-order valence-corrected chi connectivity index (χ1v) is 9.39. The number of benzene rings is 1. The third kappa shape index (κ3) is 7.27. The third-order valence-corrected chi connectivity index (χ3v) is 3.62. The molecule has 0 radical (unpaired) electrons. The van der Waals surface area contributed by atoms with Crippen LogP contribution in [0.4, 0.5) is 0 Å². The minimum Gasteiger partial charge on any atom is -0.381 e. The van der Waals surface area contributed by atoms with Gasteiger partial charge >= 0.3 is 0 Å². The van der Waals surface area contributed by atoms with Crippen LogP contribution in [0.2, 0.25) is 0 Å². The van der Waals surface area contributed by atoms with Gasteiger partial charge in [-0.3, -0.25) is 0 Å². The molecule has 2 rings (SSSR count). The molecule has 26 heavy (non-hydrogen) atoms. The van der Waals surface area contributed by atoms with Crippen molar-refractivity contribution in [3.05, 3.63) is 48.3 Å². The van der Waals surface area contributed by atoms with Gasteiger partial charge in [-0.15, -0.1) is 0 Å². The number of rotatable bonds is 10. The normalized spacial score (nSPS) is 11.8. The molecule has 0 amide bonds. The lowest BCUT2D eigenvalue weighted by molar-refractivity contribution is 0.108. The lowest BCUT2D eigenvalue weighted by Crippen LogP contribution is -2.38. The Bertz CT molecular complexity index is 651. The van der Waals surface area contributed by atoms with Crippen molar-refractivity contribution in [3.8, 4) is 5.69 Å². The highest BCUT2D eigenvalue weighted by atomic mass is 16.5. The molecule has 2 N–H and O–H groups in total. The lowest BCUT2D eigenvalue weighted by Gasteiger charge is -2.11. The number of para-hydroxylation sites is 1. The Labute approximate surface area is 156 Å². The van der Waals surface area contributed by atoms with Crippen molar-refractivity contribution in [3.63, 3.8) is 0 Å². The zero-order chi connectivity index (χ0) is 18.6. The van der Waals surface area contributed by atoms with Crippen molar-refractivity contribution < 1.29 is 4.74 Å². The molecule has 142 valence electrons. The molecule has 2 aromatic rings. The van der Waals surface area contributed by atoms with Gasteiger partial charge in [0.15, 0.2) is 5.96 Å². The minimum absolute atomic E-state index is 0.541. The van der Waals surface area contributed by atoms with Crippen molar-refractivity contribution >= 4 is 5.96 Å². The Balaban J connectivity index is 1.80. The van der Waals surface area contributed by atoms with Crippen LogP contribution >= 0.6 is 0 Å². The molecule has 0 atom stereocenters. The zero-order valence-corrected chi connectivity index (χ0v) is 16.1. The summed E-state index contributed by atoms with van der Waals surface area (Å²) in [4.78, 5) is 4.61. The molecule has 0 spiro atoms. The van der Waals surface area contributed by atoms with Gasteiger partial charge in [0.25, 0.3) is 0 Å². The number of nitrogens with one attached hydrogen (secondary N) is 2. The summed E-state index contributed by atoms with van der Waals surface area (Å²) in [6.07, 6.45) is 2.92. The largest absolute Gasteiger partial charge is 0.381 e. The summed E-state index contributed by atoms with van der Waals surface area (Å²) in [7, 11) is 0. The van der Waals surface area contributed by atoms with Gasteiger partial charge in [0.05, 0.1) is 17.9 Å². The van der Waals surface area contributed by atoms with Gasteiger partial charge in [0.2, 0.25) is 0 Å². The Hall–Kier alpha value is -2.34. The Kier molecular flexibility index (Phi) is 8.69. The van der Waals surface area contributed by atoms with Crippen molar-refractivity contribution in [1.29, 1.82) is 0 Å². The van der Waals surface area contributed by atoms with Gasteiger partial charge in [0.1, 0.15) is 0 Å². The monoisotopic (exact) mass is 357 g/mol. The second-order valence-corrected chi connectivity index (χ2v) is 6.53. The van der Waals surface area contributed by atoms with Crippen molar-refractivity contribution in [2.45, 2.75) is 33.7 Å². The van der Waals surface area contributed by atoms with E-state index in [4.69, 9.17) is 4.74 Å². The Morgan fingerprint density at radius 2 is 2.00 bits per heavy atom. The minimum atomic E-state index is 0.541. The molecule has 1 aromatic heterocycles. The molecule has 0 saturated carbocycles. The summed E-state index contributed by atoms with van der Waals surface area (Å²) in [5, 5.41) is 11.2. The number of nitrogens with zero attached hydrogens (tertiary/aromatic N) is 3. The van der Waals surface area contributed by atoms with E-state index >= 15 is 0 Å². The predicted molar refractivity (Wildman–Crippen MR) is 107 cm³/mol. The topological polar surface area (TPSA) is 63.5 Å². The van der Waals surface area contributed by atoms with Gasteiger partial charge in [-0.1, -0.05) is 32.0 Å². The van der Waals surface area contributed by atoms with Crippen LogP contribution in [0.15, 0.2) is 47.6 Å². The quantitative estimate of drug-likeness (QED) is 0.390. The SMILES string of the molecule is CCNC(=NCc1ccn(-c2ccccc2)n1)NCCCOCC(C)C. The molecule has 6 nitrogen and oxygen atoms in total. The van der Waals surface area contributed by atoms with E-state index < -0.39 is 0 Å². The molecule has 1 aromatic carbocycles. The van der Waals surface area contributed by atoms with Crippen LogP contribution in [0.1, 0.15) is 32.9 Å². The molecule has 0 aliphatic carbocycles. The fourth-order valence-electron chi connectivity index (χ4n) is 2.37. The predicted octanol–water partition coefficient (Wildman–Crippen LogP) is 2.99. The summed E-state index contributed by atoms with van der Waals surface area (Å²) in [6, 6.07) is 12.1. The fraction of sp³-hybridized carbons (Fsp3) is 0.500. The number of aromatic nitrogens is 2. The summed E-state index contributed by atoms with van der Waals surface area (Å²) < 4.78 is 7.47. The molecule has 0 aliphatic rings. The molecule has 0 aliphatic heterocycles. The maximum absolute atomic E-state index is 5.60. The summed E-state index contributed by atoms with van der Waals surface area (Å²) >= 11 is 0. The molecule has 1 heterocycles. The molecular formula is C20H31N5O. The van der Waals surface area contributed by atoms with Gasteiger partial charge in [-0.05, 0) is 37.5 Å². The smallest absolute Gasteiger partial charge is 0.191 e. The van der Waals surface area contributed by atoms with Crippen molar-refractivity contribution in [2.75, 3.05) is 26.3 Å². The molecule has 6 heteroatoms. The number of hydrogen-bond donors (Lipinski definition) is 2. The highest BCUT2D eigenvalue weighted by Gasteiger charge is 2.02. The van der Waals surface area contributed by atoms with E-state index in [1.165, 1.54) is 0 Å². The molecule has 0 unspecified atom stereocenters. The van der Waals surface area contributed by atoms with Crippen LogP contribution < -0.4 is 10.6 Å². The van der Waals surface area contributed by atoms with Crippen molar-refractivity contribution in [1.82, 2.24) is 20.4 Å². The van der Waals surface area contributed by atoms with E-state index in [2.05, 4.69) is 41.5 Å². The summed E-state index contributed by atoms with van der Waals surface area (Å²) in [6.45, 7) is 10.2. The van der Waals surface area contributed by atoms with Gasteiger partial charge in [-0.2, -0.15) is 5.10 Å². The summed E-state index contributed by atoms with van der Waals surface area (Å²) in [5.74, 6) is 1.39. The molecular weight excluding hydrogens is 326 g/mol.